The molecule has 1 aliphatic heterocycles. The van der Waals surface area contributed by atoms with E-state index >= 15 is 0 Å². The fourth-order valence-electron chi connectivity index (χ4n) is 1.68. The zero-order valence-corrected chi connectivity index (χ0v) is 11.8. The van der Waals surface area contributed by atoms with Crippen LogP contribution in [0, 0.1) is 3.57 Å². The molecule has 88 valence electrons. The maximum absolute atomic E-state index is 11.8. The first-order valence-electron chi connectivity index (χ1n) is 4.53. The van der Waals surface area contributed by atoms with Gasteiger partial charge in [0.15, 0.2) is 9.84 Å². The van der Waals surface area contributed by atoms with Gasteiger partial charge in [0, 0.05) is 0 Å². The van der Waals surface area contributed by atoms with Gasteiger partial charge in [-0.05, 0) is 29.0 Å². The second-order valence-electron chi connectivity index (χ2n) is 3.62. The van der Waals surface area contributed by atoms with Crippen molar-refractivity contribution in [2.24, 2.45) is 0 Å². The number of hydrogen-bond donors (Lipinski definition) is 0. The maximum atomic E-state index is 11.8. The lowest BCUT2D eigenvalue weighted by atomic mass is 10.2. The third-order valence-electron chi connectivity index (χ3n) is 2.50. The van der Waals surface area contributed by atoms with E-state index in [1.807, 2.05) is 22.6 Å². The summed E-state index contributed by atoms with van der Waals surface area (Å²) in [6.07, 6.45) is 1.78. The first kappa shape index (κ1) is 12.3. The zero-order chi connectivity index (χ0) is 11.9. The topological polar surface area (TPSA) is 69.0 Å². The molecule has 5 nitrogen and oxygen atoms in total. The Morgan fingerprint density at radius 1 is 1.56 bits per heavy atom. The van der Waals surface area contributed by atoms with Crippen molar-refractivity contribution >= 4 is 44.0 Å². The fraction of sp³-hybridized carbons (Fsp3) is 0.500. The normalized spacial score (nSPS) is 23.5. The van der Waals surface area contributed by atoms with E-state index in [1.54, 1.807) is 0 Å². The van der Waals surface area contributed by atoms with Crippen molar-refractivity contribution in [3.63, 3.8) is 0 Å². The van der Waals surface area contributed by atoms with E-state index in [2.05, 4.69) is 4.98 Å². The van der Waals surface area contributed by atoms with Crippen LogP contribution in [0.4, 0.5) is 0 Å². The molecule has 8 heteroatoms. The summed E-state index contributed by atoms with van der Waals surface area (Å²) in [5.74, 6) is 0.135. The quantitative estimate of drug-likeness (QED) is 0.540. The Kier molecular flexibility index (Phi) is 3.28. The van der Waals surface area contributed by atoms with E-state index in [1.165, 1.54) is 10.9 Å². The summed E-state index contributed by atoms with van der Waals surface area (Å²) >= 11 is 7.51. The van der Waals surface area contributed by atoms with Crippen molar-refractivity contribution in [2.45, 2.75) is 12.5 Å². The Balaban J connectivity index is 2.44. The van der Waals surface area contributed by atoms with Crippen molar-refractivity contribution in [1.82, 2.24) is 9.55 Å². The summed E-state index contributed by atoms with van der Waals surface area (Å²) in [5.41, 5.74) is -0.275. The molecule has 0 aliphatic carbocycles. The highest BCUT2D eigenvalue weighted by atomic mass is 127. The third kappa shape index (κ3) is 2.25. The van der Waals surface area contributed by atoms with Crippen molar-refractivity contribution in [1.29, 1.82) is 0 Å². The van der Waals surface area contributed by atoms with E-state index in [0.29, 0.717) is 9.99 Å². The zero-order valence-electron chi connectivity index (χ0n) is 8.06. The van der Waals surface area contributed by atoms with Gasteiger partial charge in [0.25, 0.3) is 5.56 Å². The number of halogens is 2. The van der Waals surface area contributed by atoms with Gasteiger partial charge in [-0.1, -0.05) is 11.6 Å². The number of rotatable bonds is 1. The molecule has 2 rings (SSSR count). The predicted octanol–water partition coefficient (Wildman–Crippen LogP) is 0.861. The molecule has 0 aromatic carbocycles. The molecule has 0 N–H and O–H groups in total. The van der Waals surface area contributed by atoms with Crippen LogP contribution in [-0.2, 0) is 9.84 Å². The second kappa shape index (κ2) is 4.26. The molecular weight excluding hydrogens is 367 g/mol. The lowest BCUT2D eigenvalue weighted by molar-refractivity contribution is 0.527. The monoisotopic (exact) mass is 374 g/mol. The standard InChI is InChI=1S/C8H8ClIN2O3S/c9-7-6(10)8(13)12(4-11-7)5-1-2-16(14,15)3-5/h4-5H,1-3H2. The van der Waals surface area contributed by atoms with Crippen molar-refractivity contribution in [3.8, 4) is 0 Å². The molecule has 0 saturated carbocycles. The highest BCUT2D eigenvalue weighted by Crippen LogP contribution is 2.22. The molecule has 1 saturated heterocycles. The molecule has 1 unspecified atom stereocenters. The minimum absolute atomic E-state index is 0.00625. The van der Waals surface area contributed by atoms with E-state index in [4.69, 9.17) is 11.6 Å². The molecule has 1 atom stereocenters. The van der Waals surface area contributed by atoms with Gasteiger partial charge in [-0.15, -0.1) is 0 Å². The van der Waals surface area contributed by atoms with Crippen LogP contribution < -0.4 is 5.56 Å². The predicted molar refractivity (Wildman–Crippen MR) is 68.5 cm³/mol. The van der Waals surface area contributed by atoms with Crippen LogP contribution in [0.3, 0.4) is 0 Å². The van der Waals surface area contributed by atoms with Gasteiger partial charge in [0.2, 0.25) is 0 Å². The Morgan fingerprint density at radius 3 is 2.81 bits per heavy atom. The average Bonchev–Trinajstić information content (AvgIpc) is 2.55. The van der Waals surface area contributed by atoms with Crippen LogP contribution in [0.2, 0.25) is 5.15 Å². The highest BCUT2D eigenvalue weighted by molar-refractivity contribution is 14.1. The Hall–Kier alpha value is -0.150. The number of aromatic nitrogens is 2. The largest absolute Gasteiger partial charge is 0.294 e. The summed E-state index contributed by atoms with van der Waals surface area (Å²) in [4.78, 5) is 15.7. The van der Waals surface area contributed by atoms with Crippen molar-refractivity contribution in [2.75, 3.05) is 11.5 Å². The summed E-state index contributed by atoms with van der Waals surface area (Å²) in [6.45, 7) is 0. The van der Waals surface area contributed by atoms with Crippen LogP contribution in [-0.4, -0.2) is 29.5 Å². The highest BCUT2D eigenvalue weighted by Gasteiger charge is 2.30. The molecule has 2 heterocycles. The van der Waals surface area contributed by atoms with Gasteiger partial charge >= 0.3 is 0 Å². The van der Waals surface area contributed by atoms with E-state index in [9.17, 15) is 13.2 Å². The maximum Gasteiger partial charge on any atom is 0.268 e. The average molecular weight is 375 g/mol. The SMILES string of the molecule is O=c1c(I)c(Cl)ncn1C1CCS(=O)(=O)C1. The molecule has 0 amide bonds. The minimum Gasteiger partial charge on any atom is -0.294 e. The molecule has 16 heavy (non-hydrogen) atoms. The lowest BCUT2D eigenvalue weighted by Crippen LogP contribution is -2.27. The first-order valence-corrected chi connectivity index (χ1v) is 7.81. The van der Waals surface area contributed by atoms with Crippen LogP contribution >= 0.6 is 34.2 Å². The van der Waals surface area contributed by atoms with Gasteiger partial charge < -0.3 is 0 Å². The molecular formula is C8H8ClIN2O3S. The Bertz CT molecular complexity index is 583. The van der Waals surface area contributed by atoms with Gasteiger partial charge in [0.05, 0.1) is 23.9 Å². The molecule has 1 aromatic rings. The molecule has 0 radical (unpaired) electrons. The summed E-state index contributed by atoms with van der Waals surface area (Å²) in [6, 6.07) is -0.309. The molecule has 1 fully saturated rings. The molecule has 0 spiro atoms. The molecule has 1 aliphatic rings. The van der Waals surface area contributed by atoms with Crippen molar-refractivity contribution < 1.29 is 8.42 Å². The van der Waals surface area contributed by atoms with Gasteiger partial charge in [0.1, 0.15) is 8.72 Å². The summed E-state index contributed by atoms with van der Waals surface area (Å²) in [7, 11) is -3.01. The minimum atomic E-state index is -3.01. The number of nitrogens with zero attached hydrogens (tertiary/aromatic N) is 2. The van der Waals surface area contributed by atoms with E-state index in [0.717, 1.165) is 0 Å². The van der Waals surface area contributed by atoms with Crippen LogP contribution in [0.1, 0.15) is 12.5 Å². The van der Waals surface area contributed by atoms with E-state index < -0.39 is 9.84 Å². The number of sulfone groups is 1. The smallest absolute Gasteiger partial charge is 0.268 e. The summed E-state index contributed by atoms with van der Waals surface area (Å²) in [5, 5.41) is 0.155. The van der Waals surface area contributed by atoms with Gasteiger partial charge in [-0.25, -0.2) is 13.4 Å². The fourth-order valence-corrected chi connectivity index (χ4v) is 3.93. The van der Waals surface area contributed by atoms with Gasteiger partial charge in [-0.2, -0.15) is 0 Å². The first-order chi connectivity index (χ1) is 7.41. The van der Waals surface area contributed by atoms with Gasteiger partial charge in [-0.3, -0.25) is 9.36 Å². The van der Waals surface area contributed by atoms with Crippen LogP contribution in [0.5, 0.6) is 0 Å². The van der Waals surface area contributed by atoms with Crippen molar-refractivity contribution in [3.05, 3.63) is 25.4 Å². The van der Waals surface area contributed by atoms with Crippen LogP contribution in [0.25, 0.3) is 0 Å². The summed E-state index contributed by atoms with van der Waals surface area (Å²) < 4.78 is 24.3. The van der Waals surface area contributed by atoms with E-state index in [-0.39, 0.29) is 28.3 Å². The second-order valence-corrected chi connectivity index (χ2v) is 7.28. The third-order valence-corrected chi connectivity index (χ3v) is 5.83. The lowest BCUT2D eigenvalue weighted by Gasteiger charge is -2.11. The Morgan fingerprint density at radius 2 is 2.25 bits per heavy atom. The van der Waals surface area contributed by atoms with Crippen LogP contribution in [0.15, 0.2) is 11.1 Å². The Labute approximate surface area is 111 Å². The number of hydrogen-bond acceptors (Lipinski definition) is 4. The molecule has 0 bridgehead atoms. The molecule has 1 aromatic heterocycles.